The molecule has 4 rings (SSSR count). The fourth-order valence-corrected chi connectivity index (χ4v) is 4.23. The van der Waals surface area contributed by atoms with Crippen molar-refractivity contribution < 1.29 is 19.3 Å². The molecule has 1 aliphatic rings. The molecule has 1 saturated heterocycles. The Morgan fingerprint density at radius 3 is 2.75 bits per heavy atom. The minimum Gasteiger partial charge on any atom is -0.394 e. The second-order valence-corrected chi connectivity index (χ2v) is 8.36. The number of aliphatic hydroxyl groups is 2. The van der Waals surface area contributed by atoms with Gasteiger partial charge in [0.15, 0.2) is 11.9 Å². The van der Waals surface area contributed by atoms with Crippen molar-refractivity contribution in [1.82, 2.24) is 14.5 Å². The lowest BCUT2D eigenvalue weighted by atomic mass is 9.98. The van der Waals surface area contributed by atoms with Crippen LogP contribution in [0.2, 0.25) is 0 Å². The molecule has 4 atom stereocenters. The molecule has 2 N–H and O–H groups in total. The number of fused-ring (bicyclic) bond motifs is 1. The number of alkyl halides is 1. The van der Waals surface area contributed by atoms with Gasteiger partial charge in [-0.1, -0.05) is 11.8 Å². The van der Waals surface area contributed by atoms with E-state index in [1.54, 1.807) is 17.5 Å². The van der Waals surface area contributed by atoms with Crippen LogP contribution in [0.3, 0.4) is 0 Å². The van der Waals surface area contributed by atoms with E-state index in [0.717, 1.165) is 4.88 Å². The number of aromatic nitrogens is 3. The van der Waals surface area contributed by atoms with Crippen LogP contribution in [0.5, 0.6) is 0 Å². The molecule has 0 amide bonds. The summed E-state index contributed by atoms with van der Waals surface area (Å²) in [6, 6.07) is 3.96. The van der Waals surface area contributed by atoms with E-state index in [-0.39, 0.29) is 0 Å². The topological polar surface area (TPSA) is 80.4 Å². The van der Waals surface area contributed by atoms with Crippen LogP contribution >= 0.6 is 11.3 Å². The third kappa shape index (κ3) is 3.01. The zero-order valence-corrected chi connectivity index (χ0v) is 16.5. The van der Waals surface area contributed by atoms with Gasteiger partial charge in [0, 0.05) is 11.1 Å². The fourth-order valence-electron chi connectivity index (χ4n) is 3.50. The van der Waals surface area contributed by atoms with Gasteiger partial charge in [-0.25, -0.2) is 14.4 Å². The minimum atomic E-state index is -2.10. The van der Waals surface area contributed by atoms with Crippen molar-refractivity contribution in [1.29, 1.82) is 0 Å². The van der Waals surface area contributed by atoms with Gasteiger partial charge in [0.05, 0.1) is 28.1 Å². The largest absolute Gasteiger partial charge is 0.394 e. The van der Waals surface area contributed by atoms with Crippen LogP contribution in [0, 0.1) is 25.7 Å². The van der Waals surface area contributed by atoms with E-state index < -0.39 is 30.7 Å². The minimum absolute atomic E-state index is 0.471. The molecule has 3 aromatic rings. The van der Waals surface area contributed by atoms with Crippen molar-refractivity contribution in [2.75, 3.05) is 6.61 Å². The molecule has 0 unspecified atom stereocenters. The number of aliphatic hydroxyl groups excluding tert-OH is 2. The van der Waals surface area contributed by atoms with E-state index >= 15 is 4.39 Å². The Kier molecular flexibility index (Phi) is 4.71. The summed E-state index contributed by atoms with van der Waals surface area (Å²) in [5, 5.41) is 20.3. The molecule has 0 spiro atoms. The quantitative estimate of drug-likeness (QED) is 0.645. The van der Waals surface area contributed by atoms with Crippen molar-refractivity contribution in [3.63, 3.8) is 0 Å². The molecule has 8 heteroatoms. The highest BCUT2D eigenvalue weighted by atomic mass is 32.1. The molecule has 0 aromatic carbocycles. The maximum atomic E-state index is 15.3. The lowest BCUT2D eigenvalue weighted by Gasteiger charge is -2.25. The number of aryl methyl sites for hydroxylation is 2. The molecule has 3 aromatic heterocycles. The summed E-state index contributed by atoms with van der Waals surface area (Å²) in [4.78, 5) is 10.6. The van der Waals surface area contributed by atoms with E-state index in [1.807, 2.05) is 26.0 Å². The van der Waals surface area contributed by atoms with Gasteiger partial charge in [-0.2, -0.15) is 0 Å². The highest BCUT2D eigenvalue weighted by Gasteiger charge is 2.55. The maximum absolute atomic E-state index is 15.3. The standard InChI is InChI=1S/C20H20FN3O3S/c1-11-4-6-14(28-11)7-5-13-8-24(18-16(13)12(2)22-10-23-18)19-20(3,21)17(26)15(9-25)27-19/h4,6,8,10,15,17,19,25-26H,9H2,1-3H3/t15-,17-,19-,20-/m1/s1. The molecule has 6 nitrogen and oxygen atoms in total. The predicted molar refractivity (Wildman–Crippen MR) is 104 cm³/mol. The molecule has 0 radical (unpaired) electrons. The van der Waals surface area contributed by atoms with Gasteiger partial charge >= 0.3 is 0 Å². The van der Waals surface area contributed by atoms with Gasteiger partial charge < -0.3 is 19.5 Å². The summed E-state index contributed by atoms with van der Waals surface area (Å²) >= 11 is 1.59. The molecule has 146 valence electrons. The molecule has 0 bridgehead atoms. The van der Waals surface area contributed by atoms with Crippen molar-refractivity contribution in [2.24, 2.45) is 0 Å². The van der Waals surface area contributed by atoms with Crippen LogP contribution in [0.1, 0.15) is 34.2 Å². The van der Waals surface area contributed by atoms with E-state index in [0.29, 0.717) is 22.3 Å². The van der Waals surface area contributed by atoms with Gasteiger partial charge in [-0.3, -0.25) is 0 Å². The first-order valence-corrected chi connectivity index (χ1v) is 9.68. The van der Waals surface area contributed by atoms with E-state index in [9.17, 15) is 10.2 Å². The van der Waals surface area contributed by atoms with Gasteiger partial charge in [0.25, 0.3) is 0 Å². The first-order chi connectivity index (χ1) is 13.3. The lowest BCUT2D eigenvalue weighted by molar-refractivity contribution is -0.0564. The Balaban J connectivity index is 1.85. The molecule has 4 heterocycles. The van der Waals surface area contributed by atoms with Gasteiger partial charge in [0.2, 0.25) is 0 Å². The monoisotopic (exact) mass is 401 g/mol. The molecular formula is C20H20FN3O3S. The van der Waals surface area contributed by atoms with E-state index in [2.05, 4.69) is 21.8 Å². The average Bonchev–Trinajstić information content (AvgIpc) is 3.30. The van der Waals surface area contributed by atoms with Crippen LogP contribution in [-0.4, -0.2) is 49.2 Å². The van der Waals surface area contributed by atoms with Crippen molar-refractivity contribution in [2.45, 2.75) is 44.9 Å². The van der Waals surface area contributed by atoms with Gasteiger partial charge in [-0.05, 0) is 32.9 Å². The van der Waals surface area contributed by atoms with Gasteiger partial charge in [0.1, 0.15) is 24.2 Å². The molecule has 1 fully saturated rings. The molecule has 0 saturated carbocycles. The Hall–Kier alpha value is -2.31. The number of hydrogen-bond acceptors (Lipinski definition) is 6. The molecule has 0 aliphatic carbocycles. The van der Waals surface area contributed by atoms with Crippen molar-refractivity contribution in [3.8, 4) is 11.8 Å². The second kappa shape index (κ2) is 6.94. The number of thiophene rings is 1. The summed E-state index contributed by atoms with van der Waals surface area (Å²) in [6.07, 6.45) is -0.528. The third-order valence-corrected chi connectivity index (χ3v) is 5.93. The predicted octanol–water partition coefficient (Wildman–Crippen LogP) is 2.49. The highest BCUT2D eigenvalue weighted by molar-refractivity contribution is 7.12. The summed E-state index contributed by atoms with van der Waals surface area (Å²) < 4.78 is 22.5. The highest BCUT2D eigenvalue weighted by Crippen LogP contribution is 2.43. The van der Waals surface area contributed by atoms with Crippen molar-refractivity contribution in [3.05, 3.63) is 45.7 Å². The summed E-state index contributed by atoms with van der Waals surface area (Å²) in [5.74, 6) is 6.27. The fraction of sp³-hybridized carbons (Fsp3) is 0.400. The molecular weight excluding hydrogens is 381 g/mol. The van der Waals surface area contributed by atoms with Crippen molar-refractivity contribution >= 4 is 22.4 Å². The summed E-state index contributed by atoms with van der Waals surface area (Å²) in [5.41, 5.74) is -0.263. The van der Waals surface area contributed by atoms with Gasteiger partial charge in [-0.15, -0.1) is 11.3 Å². The maximum Gasteiger partial charge on any atom is 0.181 e. The third-order valence-electron chi connectivity index (χ3n) is 5.01. The summed E-state index contributed by atoms with van der Waals surface area (Å²) in [7, 11) is 0. The second-order valence-electron chi connectivity index (χ2n) is 7.07. The first-order valence-electron chi connectivity index (χ1n) is 8.86. The number of halogens is 1. The number of nitrogens with zero attached hydrogens (tertiary/aromatic N) is 3. The van der Waals surface area contributed by atoms with Crippen LogP contribution in [0.25, 0.3) is 11.0 Å². The average molecular weight is 401 g/mol. The number of ether oxygens (including phenoxy) is 1. The summed E-state index contributed by atoms with van der Waals surface area (Å²) in [6.45, 7) is 4.64. The van der Waals surface area contributed by atoms with Crippen LogP contribution < -0.4 is 0 Å². The zero-order chi connectivity index (χ0) is 20.1. The Morgan fingerprint density at radius 2 is 2.11 bits per heavy atom. The zero-order valence-electron chi connectivity index (χ0n) is 15.7. The first kappa shape index (κ1) is 19.0. The van der Waals surface area contributed by atoms with Crippen LogP contribution in [0.4, 0.5) is 4.39 Å². The molecule has 1 aliphatic heterocycles. The van der Waals surface area contributed by atoms with Crippen LogP contribution in [-0.2, 0) is 4.74 Å². The Bertz CT molecular complexity index is 1100. The normalized spacial score (nSPS) is 27.1. The Labute approximate surface area is 165 Å². The van der Waals surface area contributed by atoms with E-state index in [1.165, 1.54) is 22.7 Å². The lowest BCUT2D eigenvalue weighted by Crippen LogP contribution is -2.40. The smallest absolute Gasteiger partial charge is 0.181 e. The Morgan fingerprint density at radius 1 is 1.32 bits per heavy atom. The van der Waals surface area contributed by atoms with E-state index in [4.69, 9.17) is 4.74 Å². The number of rotatable bonds is 2. The SMILES string of the molecule is Cc1ccc(C#Cc2cn([C@@H]3O[C@H](CO)[C@@H](O)[C@@]3(C)F)c3ncnc(C)c23)s1. The van der Waals surface area contributed by atoms with Crippen LogP contribution in [0.15, 0.2) is 24.7 Å². The molecule has 28 heavy (non-hydrogen) atoms. The number of hydrogen-bond donors (Lipinski definition) is 2.